The Morgan fingerprint density at radius 1 is 1.11 bits per heavy atom. The second-order valence-corrected chi connectivity index (χ2v) is 8.20. The first kappa shape index (κ1) is 18.2. The number of amides is 1. The zero-order chi connectivity index (χ0) is 18.6. The fourth-order valence-corrected chi connectivity index (χ4v) is 4.44. The molecular weight excluding hydrogens is 376 g/mol. The van der Waals surface area contributed by atoms with Crippen LogP contribution in [0.2, 0.25) is 5.02 Å². The highest BCUT2D eigenvalue weighted by molar-refractivity contribution is 7.14. The predicted octanol–water partition coefficient (Wildman–Crippen LogP) is 5.91. The summed E-state index contributed by atoms with van der Waals surface area (Å²) in [4.78, 5) is 16.8. The molecule has 2 aromatic carbocycles. The number of fused-ring (bicyclic) bond motifs is 1. The van der Waals surface area contributed by atoms with Crippen LogP contribution in [0.1, 0.15) is 36.0 Å². The lowest BCUT2D eigenvalue weighted by Gasteiger charge is -2.16. The van der Waals surface area contributed by atoms with Crippen molar-refractivity contribution < 1.29 is 4.79 Å². The summed E-state index contributed by atoms with van der Waals surface area (Å²) >= 11 is 7.46. The predicted molar refractivity (Wildman–Crippen MR) is 113 cm³/mol. The highest BCUT2D eigenvalue weighted by Crippen LogP contribution is 2.29. The van der Waals surface area contributed by atoms with Gasteiger partial charge in [-0.3, -0.25) is 4.79 Å². The number of carbonyl (C=O) groups excluding carboxylic acids is 1. The Bertz CT molecular complexity index is 966. The number of hydrogen-bond donors (Lipinski definition) is 1. The lowest BCUT2D eigenvalue weighted by molar-refractivity contribution is -0.116. The van der Waals surface area contributed by atoms with E-state index < -0.39 is 0 Å². The lowest BCUT2D eigenvalue weighted by atomic mass is 9.90. The molecule has 4 rings (SSSR count). The maximum atomic E-state index is 12.2. The smallest absolute Gasteiger partial charge is 0.226 e. The van der Waals surface area contributed by atoms with Crippen molar-refractivity contribution in [2.24, 2.45) is 0 Å². The molecule has 1 amide bonds. The molecule has 1 aromatic heterocycles. The van der Waals surface area contributed by atoms with E-state index in [0.29, 0.717) is 23.0 Å². The minimum absolute atomic E-state index is 0.0266. The number of hydrogen-bond acceptors (Lipinski definition) is 3. The third-order valence-corrected chi connectivity index (χ3v) is 5.92. The van der Waals surface area contributed by atoms with Crippen molar-refractivity contribution in [2.75, 3.05) is 5.32 Å². The zero-order valence-electron chi connectivity index (χ0n) is 15.0. The second kappa shape index (κ2) is 8.24. The fraction of sp³-hybridized carbons (Fsp3) is 0.273. The minimum atomic E-state index is -0.0266. The molecule has 0 spiro atoms. The second-order valence-electron chi connectivity index (χ2n) is 6.91. The average Bonchev–Trinajstić information content (AvgIpc) is 3.14. The van der Waals surface area contributed by atoms with Crippen LogP contribution in [0.5, 0.6) is 0 Å². The van der Waals surface area contributed by atoms with Gasteiger partial charge in [0.05, 0.1) is 5.69 Å². The van der Waals surface area contributed by atoms with E-state index in [-0.39, 0.29) is 5.91 Å². The quantitative estimate of drug-likeness (QED) is 0.582. The summed E-state index contributed by atoms with van der Waals surface area (Å²) in [6, 6.07) is 14.2. The summed E-state index contributed by atoms with van der Waals surface area (Å²) in [5.74, 6) is -0.0266. The van der Waals surface area contributed by atoms with Gasteiger partial charge < -0.3 is 5.32 Å². The van der Waals surface area contributed by atoms with Crippen molar-refractivity contribution in [1.29, 1.82) is 0 Å². The number of nitrogens with one attached hydrogen (secondary N) is 1. The van der Waals surface area contributed by atoms with Gasteiger partial charge in [0.25, 0.3) is 0 Å². The van der Waals surface area contributed by atoms with Gasteiger partial charge in [-0.05, 0) is 67.0 Å². The Morgan fingerprint density at radius 3 is 2.81 bits per heavy atom. The van der Waals surface area contributed by atoms with Gasteiger partial charge in [0.2, 0.25) is 5.91 Å². The van der Waals surface area contributed by atoms with Gasteiger partial charge in [-0.25, -0.2) is 4.98 Å². The van der Waals surface area contributed by atoms with E-state index in [2.05, 4.69) is 28.5 Å². The molecule has 0 radical (unpaired) electrons. The van der Waals surface area contributed by atoms with Crippen LogP contribution in [0, 0.1) is 0 Å². The average molecular weight is 397 g/mol. The molecule has 0 bridgehead atoms. The maximum absolute atomic E-state index is 12.2. The van der Waals surface area contributed by atoms with Crippen LogP contribution >= 0.6 is 22.9 Å². The van der Waals surface area contributed by atoms with E-state index in [9.17, 15) is 4.79 Å². The first-order chi connectivity index (χ1) is 13.2. The van der Waals surface area contributed by atoms with Crippen LogP contribution in [0.4, 0.5) is 5.13 Å². The van der Waals surface area contributed by atoms with Crippen molar-refractivity contribution in [3.05, 3.63) is 69.6 Å². The number of thiazole rings is 1. The first-order valence-electron chi connectivity index (χ1n) is 9.29. The van der Waals surface area contributed by atoms with Crippen LogP contribution in [0.25, 0.3) is 11.3 Å². The molecule has 27 heavy (non-hydrogen) atoms. The third-order valence-electron chi connectivity index (χ3n) is 4.92. The Balaban J connectivity index is 1.38. The monoisotopic (exact) mass is 396 g/mol. The van der Waals surface area contributed by atoms with Crippen LogP contribution in [-0.2, 0) is 24.1 Å². The summed E-state index contributed by atoms with van der Waals surface area (Å²) < 4.78 is 0. The van der Waals surface area contributed by atoms with Crippen molar-refractivity contribution >= 4 is 34.0 Å². The zero-order valence-corrected chi connectivity index (χ0v) is 16.6. The van der Waals surface area contributed by atoms with Crippen LogP contribution in [-0.4, -0.2) is 10.9 Å². The Labute approximate surface area is 168 Å². The van der Waals surface area contributed by atoms with Gasteiger partial charge in [0, 0.05) is 22.4 Å². The van der Waals surface area contributed by atoms with Gasteiger partial charge in [-0.15, -0.1) is 11.3 Å². The summed E-state index contributed by atoms with van der Waals surface area (Å²) in [5.41, 5.74) is 6.03. The van der Waals surface area contributed by atoms with Gasteiger partial charge in [-0.1, -0.05) is 35.9 Å². The largest absolute Gasteiger partial charge is 0.302 e. The topological polar surface area (TPSA) is 42.0 Å². The minimum Gasteiger partial charge on any atom is -0.302 e. The number of anilines is 1. The van der Waals surface area contributed by atoms with Gasteiger partial charge in [0.1, 0.15) is 0 Å². The van der Waals surface area contributed by atoms with Crippen LogP contribution in [0.3, 0.4) is 0 Å². The molecule has 1 N–H and O–H groups in total. The SMILES string of the molecule is O=C(CCc1cccc(Cl)c1)Nc1nc(-c2ccc3c(c2)CCCC3)cs1. The van der Waals surface area contributed by atoms with E-state index in [1.165, 1.54) is 41.7 Å². The van der Waals surface area contributed by atoms with Gasteiger partial charge in [-0.2, -0.15) is 0 Å². The number of carbonyl (C=O) groups is 1. The molecule has 5 heteroatoms. The normalized spacial score (nSPS) is 13.2. The molecule has 0 aliphatic heterocycles. The Morgan fingerprint density at radius 2 is 1.96 bits per heavy atom. The van der Waals surface area contributed by atoms with E-state index in [1.54, 1.807) is 0 Å². The Hall–Kier alpha value is -2.17. The van der Waals surface area contributed by atoms with Crippen molar-refractivity contribution in [3.63, 3.8) is 0 Å². The van der Waals surface area contributed by atoms with Crippen LogP contribution in [0.15, 0.2) is 47.8 Å². The summed E-state index contributed by atoms with van der Waals surface area (Å²) in [6.45, 7) is 0. The van der Waals surface area contributed by atoms with Crippen molar-refractivity contribution in [2.45, 2.75) is 38.5 Å². The molecule has 0 saturated heterocycles. The summed E-state index contributed by atoms with van der Waals surface area (Å²) in [6.07, 6.45) is 5.96. The first-order valence-corrected chi connectivity index (χ1v) is 10.6. The van der Waals surface area contributed by atoms with Gasteiger partial charge >= 0.3 is 0 Å². The van der Waals surface area contributed by atoms with E-state index >= 15 is 0 Å². The van der Waals surface area contributed by atoms with Crippen LogP contribution < -0.4 is 5.32 Å². The number of aryl methyl sites for hydroxylation is 3. The molecule has 1 aliphatic carbocycles. The molecule has 0 saturated carbocycles. The molecule has 0 atom stereocenters. The number of rotatable bonds is 5. The number of aromatic nitrogens is 1. The van der Waals surface area contributed by atoms with Crippen molar-refractivity contribution in [1.82, 2.24) is 4.98 Å². The highest BCUT2D eigenvalue weighted by Gasteiger charge is 2.13. The fourth-order valence-electron chi connectivity index (χ4n) is 3.49. The molecule has 1 aliphatic rings. The molecular formula is C22H21ClN2OS. The third kappa shape index (κ3) is 4.57. The maximum Gasteiger partial charge on any atom is 0.226 e. The van der Waals surface area contributed by atoms with E-state index in [1.807, 2.05) is 29.6 Å². The lowest BCUT2D eigenvalue weighted by Crippen LogP contribution is -2.12. The van der Waals surface area contributed by atoms with Gasteiger partial charge in [0.15, 0.2) is 5.13 Å². The van der Waals surface area contributed by atoms with E-state index in [0.717, 1.165) is 23.2 Å². The number of nitrogens with zero attached hydrogens (tertiary/aromatic N) is 1. The Kier molecular flexibility index (Phi) is 5.55. The molecule has 1 heterocycles. The number of benzene rings is 2. The molecule has 3 aromatic rings. The van der Waals surface area contributed by atoms with Crippen molar-refractivity contribution in [3.8, 4) is 11.3 Å². The molecule has 3 nitrogen and oxygen atoms in total. The number of halogens is 1. The molecule has 0 unspecified atom stereocenters. The summed E-state index contributed by atoms with van der Waals surface area (Å²) in [5, 5.41) is 6.27. The molecule has 138 valence electrons. The highest BCUT2D eigenvalue weighted by atomic mass is 35.5. The summed E-state index contributed by atoms with van der Waals surface area (Å²) in [7, 11) is 0. The van der Waals surface area contributed by atoms with E-state index in [4.69, 9.17) is 11.6 Å². The standard InChI is InChI=1S/C22H21ClN2OS/c23-19-7-3-4-15(12-19)8-11-21(26)25-22-24-20(14-27-22)18-10-9-16-5-1-2-6-17(16)13-18/h3-4,7,9-10,12-14H,1-2,5-6,8,11H2,(H,24,25,26). The molecule has 0 fully saturated rings.